The molecule has 110 valence electrons. The standard InChI is InChI=1S/C14H20N2O4/c1-11-3-5-12(6-4-11)15-13(17)9-16(7-8-20-2)10-14(18)19/h3-6H,7-10H2,1-2H3,(H,15,17)(H,18,19). The van der Waals surface area contributed by atoms with Gasteiger partial charge in [0.1, 0.15) is 0 Å². The van der Waals surface area contributed by atoms with Crippen LogP contribution in [0.2, 0.25) is 0 Å². The number of methoxy groups -OCH3 is 1. The van der Waals surface area contributed by atoms with E-state index in [2.05, 4.69) is 5.32 Å². The van der Waals surface area contributed by atoms with Crippen LogP contribution in [0.5, 0.6) is 0 Å². The van der Waals surface area contributed by atoms with Gasteiger partial charge in [-0.3, -0.25) is 14.5 Å². The van der Waals surface area contributed by atoms with Gasteiger partial charge in [0, 0.05) is 19.3 Å². The van der Waals surface area contributed by atoms with Crippen molar-refractivity contribution in [1.29, 1.82) is 0 Å². The summed E-state index contributed by atoms with van der Waals surface area (Å²) in [5.41, 5.74) is 1.80. The molecule has 0 aliphatic carbocycles. The minimum absolute atomic E-state index is 0.0174. The van der Waals surface area contributed by atoms with Crippen LogP contribution in [-0.4, -0.2) is 55.2 Å². The van der Waals surface area contributed by atoms with Crippen molar-refractivity contribution in [1.82, 2.24) is 4.90 Å². The Kier molecular flexibility index (Phi) is 6.69. The normalized spacial score (nSPS) is 10.6. The molecule has 0 unspecified atom stereocenters. The number of carbonyl (C=O) groups is 2. The van der Waals surface area contributed by atoms with Crippen molar-refractivity contribution in [2.24, 2.45) is 0 Å². The molecule has 1 rings (SSSR count). The summed E-state index contributed by atoms with van der Waals surface area (Å²) in [4.78, 5) is 24.1. The molecule has 0 bridgehead atoms. The summed E-state index contributed by atoms with van der Waals surface area (Å²) in [6, 6.07) is 7.42. The zero-order valence-corrected chi connectivity index (χ0v) is 11.8. The van der Waals surface area contributed by atoms with Gasteiger partial charge >= 0.3 is 5.97 Å². The number of carboxylic acid groups (broad SMARTS) is 1. The lowest BCUT2D eigenvalue weighted by Gasteiger charge is -2.19. The SMILES string of the molecule is COCCN(CC(=O)O)CC(=O)Nc1ccc(C)cc1. The van der Waals surface area contributed by atoms with Crippen LogP contribution in [0.1, 0.15) is 5.56 Å². The molecule has 1 amide bonds. The van der Waals surface area contributed by atoms with Gasteiger partial charge in [-0.05, 0) is 19.1 Å². The number of hydrogen-bond acceptors (Lipinski definition) is 4. The molecule has 0 aliphatic rings. The highest BCUT2D eigenvalue weighted by Crippen LogP contribution is 2.08. The van der Waals surface area contributed by atoms with E-state index >= 15 is 0 Å². The van der Waals surface area contributed by atoms with Crippen molar-refractivity contribution < 1.29 is 19.4 Å². The first kappa shape index (κ1) is 16.1. The lowest BCUT2D eigenvalue weighted by molar-refractivity contribution is -0.138. The fraction of sp³-hybridized carbons (Fsp3) is 0.429. The first-order valence-electron chi connectivity index (χ1n) is 6.31. The highest BCUT2D eigenvalue weighted by molar-refractivity contribution is 5.92. The number of amides is 1. The Morgan fingerprint density at radius 3 is 2.45 bits per heavy atom. The van der Waals surface area contributed by atoms with E-state index in [1.165, 1.54) is 12.0 Å². The number of anilines is 1. The van der Waals surface area contributed by atoms with Crippen LogP contribution in [0.3, 0.4) is 0 Å². The molecule has 6 heteroatoms. The summed E-state index contributed by atoms with van der Waals surface area (Å²) >= 11 is 0. The van der Waals surface area contributed by atoms with Gasteiger partial charge in [-0.15, -0.1) is 0 Å². The number of ether oxygens (including phenoxy) is 1. The van der Waals surface area contributed by atoms with Crippen molar-refractivity contribution in [3.63, 3.8) is 0 Å². The van der Waals surface area contributed by atoms with E-state index in [0.717, 1.165) is 5.56 Å². The molecule has 0 spiro atoms. The van der Waals surface area contributed by atoms with Gasteiger partial charge in [-0.1, -0.05) is 17.7 Å². The zero-order chi connectivity index (χ0) is 15.0. The molecular weight excluding hydrogens is 260 g/mol. The number of benzene rings is 1. The molecule has 0 aromatic heterocycles. The van der Waals surface area contributed by atoms with Gasteiger partial charge in [0.05, 0.1) is 19.7 Å². The Hall–Kier alpha value is -1.92. The maximum absolute atomic E-state index is 11.9. The van der Waals surface area contributed by atoms with E-state index in [9.17, 15) is 9.59 Å². The maximum atomic E-state index is 11.9. The molecule has 20 heavy (non-hydrogen) atoms. The van der Waals surface area contributed by atoms with Crippen LogP contribution in [0.4, 0.5) is 5.69 Å². The Balaban J connectivity index is 2.51. The van der Waals surface area contributed by atoms with Gasteiger partial charge in [-0.25, -0.2) is 0 Å². The highest BCUT2D eigenvalue weighted by atomic mass is 16.5. The third kappa shape index (κ3) is 6.31. The second-order valence-corrected chi connectivity index (χ2v) is 4.51. The van der Waals surface area contributed by atoms with Crippen LogP contribution in [0, 0.1) is 6.92 Å². The summed E-state index contributed by atoms with van der Waals surface area (Å²) in [7, 11) is 1.53. The van der Waals surface area contributed by atoms with Gasteiger partial charge in [0.15, 0.2) is 0 Å². The molecule has 1 aromatic carbocycles. The number of aryl methyl sites for hydroxylation is 1. The molecule has 0 radical (unpaired) electrons. The summed E-state index contributed by atoms with van der Waals surface area (Å²) in [5.74, 6) is -1.21. The zero-order valence-electron chi connectivity index (χ0n) is 11.8. The molecule has 0 aliphatic heterocycles. The van der Waals surface area contributed by atoms with Crippen molar-refractivity contribution in [3.8, 4) is 0 Å². The lowest BCUT2D eigenvalue weighted by Crippen LogP contribution is -2.38. The van der Waals surface area contributed by atoms with Crippen LogP contribution >= 0.6 is 0 Å². The Morgan fingerprint density at radius 1 is 1.25 bits per heavy atom. The second-order valence-electron chi connectivity index (χ2n) is 4.51. The van der Waals surface area contributed by atoms with Crippen molar-refractivity contribution in [3.05, 3.63) is 29.8 Å². The van der Waals surface area contributed by atoms with Crippen LogP contribution in [0.15, 0.2) is 24.3 Å². The van der Waals surface area contributed by atoms with Crippen LogP contribution in [0.25, 0.3) is 0 Å². The van der Waals surface area contributed by atoms with E-state index < -0.39 is 5.97 Å². The highest BCUT2D eigenvalue weighted by Gasteiger charge is 2.13. The summed E-state index contributed by atoms with van der Waals surface area (Å²) in [6.07, 6.45) is 0. The van der Waals surface area contributed by atoms with Gasteiger partial charge < -0.3 is 15.2 Å². The molecule has 2 N–H and O–H groups in total. The Labute approximate surface area is 118 Å². The number of nitrogens with one attached hydrogen (secondary N) is 1. The largest absolute Gasteiger partial charge is 0.480 e. The quantitative estimate of drug-likeness (QED) is 0.741. The van der Waals surface area contributed by atoms with Crippen LogP contribution in [-0.2, 0) is 14.3 Å². The van der Waals surface area contributed by atoms with E-state index in [0.29, 0.717) is 18.8 Å². The number of hydrogen-bond donors (Lipinski definition) is 2. The van der Waals surface area contributed by atoms with Crippen molar-refractivity contribution >= 4 is 17.6 Å². The number of carbonyl (C=O) groups excluding carboxylic acids is 1. The lowest BCUT2D eigenvalue weighted by atomic mass is 10.2. The first-order valence-corrected chi connectivity index (χ1v) is 6.31. The number of nitrogens with zero attached hydrogens (tertiary/aromatic N) is 1. The molecular formula is C14H20N2O4. The molecule has 1 aromatic rings. The topological polar surface area (TPSA) is 78.9 Å². The molecule has 0 saturated carbocycles. The summed E-state index contributed by atoms with van der Waals surface area (Å²) < 4.78 is 4.90. The average Bonchev–Trinajstić information content (AvgIpc) is 2.38. The fourth-order valence-corrected chi connectivity index (χ4v) is 1.67. The monoisotopic (exact) mass is 280 g/mol. The predicted octanol–water partition coefficient (Wildman–Crippen LogP) is 0.967. The molecule has 0 heterocycles. The molecule has 0 atom stereocenters. The smallest absolute Gasteiger partial charge is 0.317 e. The molecule has 0 saturated heterocycles. The maximum Gasteiger partial charge on any atom is 0.317 e. The minimum atomic E-state index is -0.968. The number of rotatable bonds is 8. The van der Waals surface area contributed by atoms with Gasteiger partial charge in [0.25, 0.3) is 0 Å². The van der Waals surface area contributed by atoms with Crippen molar-refractivity contribution in [2.75, 3.05) is 38.7 Å². The minimum Gasteiger partial charge on any atom is -0.480 e. The fourth-order valence-electron chi connectivity index (χ4n) is 1.67. The number of carboxylic acids is 1. The van der Waals surface area contributed by atoms with Crippen molar-refractivity contribution in [2.45, 2.75) is 6.92 Å². The predicted molar refractivity (Wildman–Crippen MR) is 75.8 cm³/mol. The molecule has 0 fully saturated rings. The number of aliphatic carboxylic acids is 1. The van der Waals surface area contributed by atoms with Gasteiger partial charge in [-0.2, -0.15) is 0 Å². The second kappa shape index (κ2) is 8.29. The summed E-state index contributed by atoms with van der Waals surface area (Å²) in [5, 5.41) is 11.5. The molecule has 6 nitrogen and oxygen atoms in total. The Bertz CT molecular complexity index is 445. The third-order valence-electron chi connectivity index (χ3n) is 2.67. The summed E-state index contributed by atoms with van der Waals surface area (Å²) in [6.45, 7) is 2.56. The van der Waals surface area contributed by atoms with E-state index in [1.807, 2.05) is 31.2 Å². The Morgan fingerprint density at radius 2 is 1.90 bits per heavy atom. The van der Waals surface area contributed by atoms with Crippen LogP contribution < -0.4 is 5.32 Å². The van der Waals surface area contributed by atoms with Gasteiger partial charge in [0.2, 0.25) is 5.91 Å². The third-order valence-corrected chi connectivity index (χ3v) is 2.67. The van der Waals surface area contributed by atoms with E-state index in [4.69, 9.17) is 9.84 Å². The van der Waals surface area contributed by atoms with E-state index in [1.54, 1.807) is 0 Å². The average molecular weight is 280 g/mol. The van der Waals surface area contributed by atoms with E-state index in [-0.39, 0.29) is 19.0 Å². The first-order chi connectivity index (χ1) is 9.51.